The molecule has 4 rings (SSSR count). The summed E-state index contributed by atoms with van der Waals surface area (Å²) in [7, 11) is 3.06. The largest absolute Gasteiger partial charge is 0.497 e. The van der Waals surface area contributed by atoms with Crippen LogP contribution in [0, 0.1) is 0 Å². The number of carbonyl (C=O) groups is 2. The minimum Gasteiger partial charge on any atom is -0.497 e. The highest BCUT2D eigenvalue weighted by Gasteiger charge is 2.21. The number of aromatic nitrogens is 1. The molecule has 1 aliphatic rings. The molecule has 2 N–H and O–H groups in total. The predicted molar refractivity (Wildman–Crippen MR) is 135 cm³/mol. The van der Waals surface area contributed by atoms with Gasteiger partial charge in [0.05, 0.1) is 25.3 Å². The van der Waals surface area contributed by atoms with Gasteiger partial charge < -0.3 is 25.0 Å². The van der Waals surface area contributed by atoms with Crippen LogP contribution < -0.4 is 25.0 Å². The number of anilines is 2. The fourth-order valence-corrected chi connectivity index (χ4v) is 4.17. The molecule has 1 aliphatic heterocycles. The van der Waals surface area contributed by atoms with Crippen LogP contribution in [-0.2, 0) is 6.54 Å². The maximum atomic E-state index is 13.3. The normalized spacial score (nSPS) is 13.1. The van der Waals surface area contributed by atoms with E-state index in [9.17, 15) is 9.59 Å². The number of nitrogens with zero attached hydrogens (tertiary/aromatic N) is 2. The molecular weight excluding hydrogens is 444 g/mol. The molecule has 8 nitrogen and oxygen atoms in total. The molecule has 0 spiro atoms. The molecule has 1 saturated heterocycles. The lowest BCUT2D eigenvalue weighted by molar-refractivity contribution is 0.0949. The summed E-state index contributed by atoms with van der Waals surface area (Å²) >= 11 is 0. The Labute approximate surface area is 205 Å². The van der Waals surface area contributed by atoms with Crippen LogP contribution in [0.1, 0.15) is 45.5 Å². The van der Waals surface area contributed by atoms with Crippen LogP contribution in [0.4, 0.5) is 11.4 Å². The minimum absolute atomic E-state index is 0.201. The molecule has 182 valence electrons. The average Bonchev–Trinajstić information content (AvgIpc) is 2.92. The summed E-state index contributed by atoms with van der Waals surface area (Å²) in [6, 6.07) is 14.2. The van der Waals surface area contributed by atoms with Gasteiger partial charge in [-0.15, -0.1) is 0 Å². The van der Waals surface area contributed by atoms with Crippen LogP contribution in [0.3, 0.4) is 0 Å². The Morgan fingerprint density at radius 3 is 2.49 bits per heavy atom. The molecule has 3 aromatic rings. The Morgan fingerprint density at radius 2 is 1.77 bits per heavy atom. The van der Waals surface area contributed by atoms with E-state index in [1.54, 1.807) is 43.8 Å². The average molecular weight is 475 g/mol. The Hall–Kier alpha value is -4.07. The second-order valence-corrected chi connectivity index (χ2v) is 8.34. The number of methoxy groups -OCH3 is 2. The van der Waals surface area contributed by atoms with Gasteiger partial charge in [-0.2, -0.15) is 0 Å². The molecule has 0 bridgehead atoms. The number of hydrogen-bond acceptors (Lipinski definition) is 6. The van der Waals surface area contributed by atoms with Crippen molar-refractivity contribution in [1.82, 2.24) is 10.3 Å². The first-order valence-electron chi connectivity index (χ1n) is 11.7. The molecule has 2 heterocycles. The molecule has 0 aliphatic carbocycles. The molecule has 35 heavy (non-hydrogen) atoms. The number of piperidine rings is 1. The molecule has 2 aromatic carbocycles. The van der Waals surface area contributed by atoms with Crippen molar-refractivity contribution in [3.8, 4) is 11.5 Å². The summed E-state index contributed by atoms with van der Waals surface area (Å²) in [6.07, 6.45) is 6.80. The first kappa shape index (κ1) is 24.1. The van der Waals surface area contributed by atoms with E-state index in [2.05, 4.69) is 20.5 Å². The van der Waals surface area contributed by atoms with Gasteiger partial charge in [-0.3, -0.25) is 14.6 Å². The highest BCUT2D eigenvalue weighted by molar-refractivity contribution is 6.08. The fourth-order valence-electron chi connectivity index (χ4n) is 4.17. The quantitative estimate of drug-likeness (QED) is 0.507. The molecule has 1 aromatic heterocycles. The van der Waals surface area contributed by atoms with Gasteiger partial charge in [0.1, 0.15) is 11.5 Å². The second-order valence-electron chi connectivity index (χ2n) is 8.34. The van der Waals surface area contributed by atoms with E-state index in [0.717, 1.165) is 37.2 Å². The lowest BCUT2D eigenvalue weighted by Gasteiger charge is -2.30. The third-order valence-corrected chi connectivity index (χ3v) is 6.02. The van der Waals surface area contributed by atoms with E-state index in [4.69, 9.17) is 9.47 Å². The number of ether oxygens (including phenoxy) is 2. The SMILES string of the molecule is COc1ccc(C(=O)Nc2ccc(N3CCCCC3)c(C(=O)NCc3cccnc3)c2)c(OC)c1. The third kappa shape index (κ3) is 5.90. The highest BCUT2D eigenvalue weighted by Crippen LogP contribution is 2.29. The summed E-state index contributed by atoms with van der Waals surface area (Å²) < 4.78 is 10.6. The number of benzene rings is 2. The van der Waals surface area contributed by atoms with E-state index in [0.29, 0.717) is 34.9 Å². The monoisotopic (exact) mass is 474 g/mol. The van der Waals surface area contributed by atoms with E-state index in [-0.39, 0.29) is 11.8 Å². The number of rotatable bonds is 8. The topological polar surface area (TPSA) is 92.8 Å². The summed E-state index contributed by atoms with van der Waals surface area (Å²) in [4.78, 5) is 32.6. The first-order chi connectivity index (χ1) is 17.1. The summed E-state index contributed by atoms with van der Waals surface area (Å²) in [5, 5.41) is 5.89. The second kappa shape index (κ2) is 11.4. The highest BCUT2D eigenvalue weighted by atomic mass is 16.5. The number of hydrogen-bond donors (Lipinski definition) is 2. The van der Waals surface area contributed by atoms with Gasteiger partial charge in [0.25, 0.3) is 11.8 Å². The minimum atomic E-state index is -0.336. The third-order valence-electron chi connectivity index (χ3n) is 6.02. The van der Waals surface area contributed by atoms with Gasteiger partial charge in [-0.05, 0) is 61.2 Å². The van der Waals surface area contributed by atoms with Crippen LogP contribution in [0.15, 0.2) is 60.9 Å². The van der Waals surface area contributed by atoms with Crippen molar-refractivity contribution in [1.29, 1.82) is 0 Å². The van der Waals surface area contributed by atoms with Crippen LogP contribution in [-0.4, -0.2) is 44.1 Å². The maximum absolute atomic E-state index is 13.3. The van der Waals surface area contributed by atoms with E-state index < -0.39 is 0 Å². The van der Waals surface area contributed by atoms with E-state index in [1.807, 2.05) is 24.3 Å². The van der Waals surface area contributed by atoms with Crippen molar-refractivity contribution in [2.45, 2.75) is 25.8 Å². The molecule has 0 saturated carbocycles. The standard InChI is InChI=1S/C27H30N4O4/c1-34-21-9-10-22(25(16-21)35-2)27(33)30-20-8-11-24(31-13-4-3-5-14-31)23(15-20)26(32)29-18-19-7-6-12-28-17-19/h6-12,15-17H,3-5,13-14,18H2,1-2H3,(H,29,32)(H,30,33). The van der Waals surface area contributed by atoms with Crippen molar-refractivity contribution in [2.24, 2.45) is 0 Å². The zero-order valence-electron chi connectivity index (χ0n) is 20.0. The smallest absolute Gasteiger partial charge is 0.259 e. The van der Waals surface area contributed by atoms with Gasteiger partial charge in [-0.25, -0.2) is 0 Å². The van der Waals surface area contributed by atoms with Crippen molar-refractivity contribution < 1.29 is 19.1 Å². The Morgan fingerprint density at radius 1 is 0.943 bits per heavy atom. The molecule has 2 amide bonds. The number of carbonyl (C=O) groups excluding carboxylic acids is 2. The van der Waals surface area contributed by atoms with Gasteiger partial charge in [-0.1, -0.05) is 6.07 Å². The van der Waals surface area contributed by atoms with Gasteiger partial charge in [0, 0.05) is 49.5 Å². The van der Waals surface area contributed by atoms with Crippen molar-refractivity contribution >= 4 is 23.2 Å². The molecule has 8 heteroatoms. The fraction of sp³-hybridized carbons (Fsp3) is 0.296. The molecule has 1 fully saturated rings. The van der Waals surface area contributed by atoms with Gasteiger partial charge in [0.2, 0.25) is 0 Å². The molecule has 0 radical (unpaired) electrons. The molecule has 0 atom stereocenters. The predicted octanol–water partition coefficient (Wildman–Crippen LogP) is 4.27. The van der Waals surface area contributed by atoms with Crippen molar-refractivity contribution in [3.63, 3.8) is 0 Å². The summed E-state index contributed by atoms with van der Waals surface area (Å²) in [5.41, 5.74) is 3.20. The molecule has 0 unspecified atom stereocenters. The zero-order valence-corrected chi connectivity index (χ0v) is 20.0. The number of pyridine rings is 1. The first-order valence-corrected chi connectivity index (χ1v) is 11.7. The molecular formula is C27H30N4O4. The van der Waals surface area contributed by atoms with Crippen LogP contribution in [0.5, 0.6) is 11.5 Å². The zero-order chi connectivity index (χ0) is 24.6. The number of nitrogens with one attached hydrogen (secondary N) is 2. The van der Waals surface area contributed by atoms with Crippen LogP contribution in [0.25, 0.3) is 0 Å². The van der Waals surface area contributed by atoms with Crippen LogP contribution >= 0.6 is 0 Å². The Kier molecular flexibility index (Phi) is 7.82. The van der Waals surface area contributed by atoms with Gasteiger partial charge >= 0.3 is 0 Å². The Bertz CT molecular complexity index is 1180. The van der Waals surface area contributed by atoms with E-state index in [1.165, 1.54) is 13.5 Å². The van der Waals surface area contributed by atoms with Crippen LogP contribution in [0.2, 0.25) is 0 Å². The summed E-state index contributed by atoms with van der Waals surface area (Å²) in [6.45, 7) is 2.17. The lowest BCUT2D eigenvalue weighted by Crippen LogP contribution is -2.32. The van der Waals surface area contributed by atoms with E-state index >= 15 is 0 Å². The maximum Gasteiger partial charge on any atom is 0.259 e. The summed E-state index contributed by atoms with van der Waals surface area (Å²) in [5.74, 6) is 0.461. The van der Waals surface area contributed by atoms with Crippen molar-refractivity contribution in [2.75, 3.05) is 37.5 Å². The lowest BCUT2D eigenvalue weighted by atomic mass is 10.1. The van der Waals surface area contributed by atoms with Crippen molar-refractivity contribution in [3.05, 3.63) is 77.6 Å². The van der Waals surface area contributed by atoms with Gasteiger partial charge in [0.15, 0.2) is 0 Å². The number of amides is 2. The Balaban J connectivity index is 1.58.